The topological polar surface area (TPSA) is 87.7 Å². The number of carbonyl (C=O) groups excluding carboxylic acids is 1. The van der Waals surface area contributed by atoms with Crippen molar-refractivity contribution in [2.45, 2.75) is 46.6 Å². The molecule has 1 atom stereocenters. The molecule has 3 N–H and O–H groups in total. The van der Waals surface area contributed by atoms with Gasteiger partial charge in [0.15, 0.2) is 0 Å². The molecule has 0 bridgehead atoms. The van der Waals surface area contributed by atoms with Gasteiger partial charge in [0.1, 0.15) is 0 Å². The van der Waals surface area contributed by atoms with Crippen molar-refractivity contribution >= 4 is 12.0 Å². The smallest absolute Gasteiger partial charge is 0.314 e. The molecule has 0 saturated heterocycles. The number of rotatable bonds is 7. The van der Waals surface area contributed by atoms with Crippen LogP contribution < -0.4 is 10.6 Å². The van der Waals surface area contributed by atoms with Gasteiger partial charge in [-0.2, -0.15) is 0 Å². The Labute approximate surface area is 121 Å². The quantitative estimate of drug-likeness (QED) is 0.667. The second-order valence-corrected chi connectivity index (χ2v) is 6.83. The molecule has 6 heteroatoms. The molecule has 0 aliphatic rings. The molecule has 0 rings (SSSR count). The first-order chi connectivity index (χ1) is 8.97. The Bertz CT molecular complexity index is 335. The number of carbonyl (C=O) groups is 2. The van der Waals surface area contributed by atoms with Gasteiger partial charge in [-0.05, 0) is 25.7 Å². The van der Waals surface area contributed by atoms with Crippen LogP contribution in [-0.2, 0) is 9.53 Å². The maximum absolute atomic E-state index is 11.6. The zero-order valence-electron chi connectivity index (χ0n) is 13.4. The summed E-state index contributed by atoms with van der Waals surface area (Å²) in [6.07, 6.45) is 0.506. The van der Waals surface area contributed by atoms with Gasteiger partial charge in [0, 0.05) is 20.2 Å². The van der Waals surface area contributed by atoms with Crippen molar-refractivity contribution in [1.29, 1.82) is 0 Å². The minimum Gasteiger partial charge on any atom is -0.481 e. The van der Waals surface area contributed by atoms with Crippen LogP contribution in [-0.4, -0.2) is 42.9 Å². The van der Waals surface area contributed by atoms with E-state index in [4.69, 9.17) is 9.84 Å². The molecule has 0 fully saturated rings. The van der Waals surface area contributed by atoms with Gasteiger partial charge in [0.2, 0.25) is 0 Å². The Morgan fingerprint density at radius 1 is 1.15 bits per heavy atom. The molecule has 0 aliphatic carbocycles. The molecular formula is C14H28N2O4. The van der Waals surface area contributed by atoms with Gasteiger partial charge in [-0.3, -0.25) is 4.79 Å². The molecule has 1 unspecified atom stereocenters. The van der Waals surface area contributed by atoms with Gasteiger partial charge in [0.25, 0.3) is 0 Å². The number of hydrogen-bond acceptors (Lipinski definition) is 3. The molecule has 0 saturated carbocycles. The molecule has 0 aromatic carbocycles. The van der Waals surface area contributed by atoms with Crippen molar-refractivity contribution in [2.24, 2.45) is 11.3 Å². The molecule has 118 valence electrons. The van der Waals surface area contributed by atoms with Gasteiger partial charge in [-0.15, -0.1) is 0 Å². The van der Waals surface area contributed by atoms with Crippen molar-refractivity contribution in [3.63, 3.8) is 0 Å². The molecule has 0 heterocycles. The van der Waals surface area contributed by atoms with Crippen molar-refractivity contribution in [1.82, 2.24) is 10.6 Å². The lowest BCUT2D eigenvalue weighted by Gasteiger charge is -2.25. The number of hydrogen-bond donors (Lipinski definition) is 3. The van der Waals surface area contributed by atoms with Gasteiger partial charge >= 0.3 is 12.0 Å². The number of carboxylic acid groups (broad SMARTS) is 1. The van der Waals surface area contributed by atoms with Crippen LogP contribution in [0.15, 0.2) is 0 Å². The van der Waals surface area contributed by atoms with Crippen molar-refractivity contribution in [3.05, 3.63) is 0 Å². The lowest BCUT2D eigenvalue weighted by atomic mass is 9.84. The first-order valence-corrected chi connectivity index (χ1v) is 6.76. The van der Waals surface area contributed by atoms with Crippen LogP contribution in [0.5, 0.6) is 0 Å². The minimum absolute atomic E-state index is 0.0980. The van der Waals surface area contributed by atoms with Crippen LogP contribution in [0.2, 0.25) is 0 Å². The monoisotopic (exact) mass is 288 g/mol. The van der Waals surface area contributed by atoms with E-state index in [1.165, 1.54) is 0 Å². The normalized spacial score (nSPS) is 13.7. The summed E-state index contributed by atoms with van der Waals surface area (Å²) in [7, 11) is 1.57. The van der Waals surface area contributed by atoms with Crippen LogP contribution >= 0.6 is 0 Å². The first kappa shape index (κ1) is 18.7. The third-order valence-corrected chi connectivity index (χ3v) is 2.94. The molecule has 0 aromatic heterocycles. The first-order valence-electron chi connectivity index (χ1n) is 6.76. The summed E-state index contributed by atoms with van der Waals surface area (Å²) >= 11 is 0. The summed E-state index contributed by atoms with van der Waals surface area (Å²) in [5.74, 6) is -1.48. The van der Waals surface area contributed by atoms with Crippen LogP contribution in [0.1, 0.15) is 41.0 Å². The highest BCUT2D eigenvalue weighted by molar-refractivity contribution is 5.75. The van der Waals surface area contributed by atoms with E-state index >= 15 is 0 Å². The SMILES string of the molecule is COC(C)(C)CNC(=O)NCC(CC(C)(C)C)C(=O)O. The lowest BCUT2D eigenvalue weighted by Crippen LogP contribution is -2.46. The number of urea groups is 1. The number of methoxy groups -OCH3 is 1. The summed E-state index contributed by atoms with van der Waals surface area (Å²) in [5.41, 5.74) is -0.547. The van der Waals surface area contributed by atoms with Gasteiger partial charge in [-0.1, -0.05) is 20.8 Å². The van der Waals surface area contributed by atoms with Gasteiger partial charge < -0.3 is 20.5 Å². The zero-order chi connectivity index (χ0) is 16.0. The van der Waals surface area contributed by atoms with E-state index in [-0.39, 0.29) is 18.0 Å². The standard InChI is InChI=1S/C14H28N2O4/c1-13(2,3)7-10(11(17)18)8-15-12(19)16-9-14(4,5)20-6/h10H,7-9H2,1-6H3,(H,17,18)(H2,15,16,19). The Balaban J connectivity index is 4.23. The fourth-order valence-electron chi connectivity index (χ4n) is 1.63. The van der Waals surface area contributed by atoms with Crippen molar-refractivity contribution in [3.8, 4) is 0 Å². The molecule has 0 aliphatic heterocycles. The van der Waals surface area contributed by atoms with Gasteiger partial charge in [-0.25, -0.2) is 4.79 Å². The van der Waals surface area contributed by atoms with E-state index in [0.29, 0.717) is 13.0 Å². The number of ether oxygens (including phenoxy) is 1. The van der Waals surface area contributed by atoms with Crippen molar-refractivity contribution in [2.75, 3.05) is 20.2 Å². The second-order valence-electron chi connectivity index (χ2n) is 6.83. The molecule has 0 aromatic rings. The summed E-state index contributed by atoms with van der Waals surface area (Å²) in [4.78, 5) is 22.8. The summed E-state index contributed by atoms with van der Waals surface area (Å²) in [6, 6.07) is -0.379. The average molecular weight is 288 g/mol. The Morgan fingerprint density at radius 3 is 2.10 bits per heavy atom. The summed E-state index contributed by atoms with van der Waals surface area (Å²) in [6.45, 7) is 10.1. The van der Waals surface area contributed by atoms with Crippen LogP contribution in [0.3, 0.4) is 0 Å². The molecule has 6 nitrogen and oxygen atoms in total. The largest absolute Gasteiger partial charge is 0.481 e. The third-order valence-electron chi connectivity index (χ3n) is 2.94. The van der Waals surface area contributed by atoms with Crippen LogP contribution in [0, 0.1) is 11.3 Å². The highest BCUT2D eigenvalue weighted by Gasteiger charge is 2.25. The zero-order valence-corrected chi connectivity index (χ0v) is 13.4. The third kappa shape index (κ3) is 8.74. The van der Waals surface area contributed by atoms with E-state index < -0.39 is 17.5 Å². The van der Waals surface area contributed by atoms with Gasteiger partial charge in [0.05, 0.1) is 11.5 Å². The molecular weight excluding hydrogens is 260 g/mol. The summed E-state index contributed by atoms with van der Waals surface area (Å²) < 4.78 is 5.18. The molecule has 20 heavy (non-hydrogen) atoms. The molecule has 2 amide bonds. The number of nitrogens with one attached hydrogen (secondary N) is 2. The average Bonchev–Trinajstić information content (AvgIpc) is 2.30. The van der Waals surface area contributed by atoms with E-state index in [1.54, 1.807) is 7.11 Å². The van der Waals surface area contributed by atoms with E-state index in [2.05, 4.69) is 10.6 Å². The Hall–Kier alpha value is -1.30. The molecule has 0 radical (unpaired) electrons. The Morgan fingerprint density at radius 2 is 1.70 bits per heavy atom. The fourth-order valence-corrected chi connectivity index (χ4v) is 1.63. The molecule has 0 spiro atoms. The highest BCUT2D eigenvalue weighted by Crippen LogP contribution is 2.24. The number of aliphatic carboxylic acids is 1. The van der Waals surface area contributed by atoms with E-state index in [0.717, 1.165) is 0 Å². The lowest BCUT2D eigenvalue weighted by molar-refractivity contribution is -0.142. The van der Waals surface area contributed by atoms with Crippen molar-refractivity contribution < 1.29 is 19.4 Å². The predicted molar refractivity (Wildman–Crippen MR) is 77.7 cm³/mol. The van der Waals surface area contributed by atoms with Crippen LogP contribution in [0.25, 0.3) is 0 Å². The summed E-state index contributed by atoms with van der Waals surface area (Å²) in [5, 5.41) is 14.4. The fraction of sp³-hybridized carbons (Fsp3) is 0.857. The maximum atomic E-state index is 11.6. The van der Waals surface area contributed by atoms with Crippen LogP contribution in [0.4, 0.5) is 4.79 Å². The Kier molecular flexibility index (Phi) is 6.99. The van der Waals surface area contributed by atoms with E-state index in [1.807, 2.05) is 34.6 Å². The second kappa shape index (κ2) is 7.47. The number of amides is 2. The van der Waals surface area contributed by atoms with E-state index in [9.17, 15) is 9.59 Å². The minimum atomic E-state index is -0.891. The predicted octanol–water partition coefficient (Wildman–Crippen LogP) is 1.85. The maximum Gasteiger partial charge on any atom is 0.314 e. The number of carboxylic acids is 1. The highest BCUT2D eigenvalue weighted by atomic mass is 16.5.